The molecule has 1 aliphatic rings. The third-order valence-corrected chi connectivity index (χ3v) is 3.58. The summed E-state index contributed by atoms with van der Waals surface area (Å²) in [6, 6.07) is 7.68. The maximum absolute atomic E-state index is 11.1. The first-order valence-corrected chi connectivity index (χ1v) is 7.47. The average Bonchev–Trinajstić information content (AvgIpc) is 2.29. The third-order valence-electron chi connectivity index (χ3n) is 2.81. The number of rotatable bonds is 3. The minimum Gasteiger partial charge on any atom is -0.369 e. The number of sulfone groups is 1. The fraction of sp³-hybridized carbons (Fsp3) is 0.417. The molecule has 1 N–H and O–H groups in total. The summed E-state index contributed by atoms with van der Waals surface area (Å²) in [5, 5.41) is 3.30. The molecule has 0 saturated carbocycles. The van der Waals surface area contributed by atoms with E-state index in [1.165, 1.54) is 0 Å². The van der Waals surface area contributed by atoms with Gasteiger partial charge in [-0.3, -0.25) is 0 Å². The maximum Gasteiger partial charge on any atom is 0.155 e. The summed E-state index contributed by atoms with van der Waals surface area (Å²) in [5.74, 6) is 0.00877. The van der Waals surface area contributed by atoms with Gasteiger partial charge in [0.25, 0.3) is 0 Å². The fourth-order valence-corrected chi connectivity index (χ4v) is 2.68. The monoisotopic (exact) mass is 253 g/mol. The zero-order chi connectivity index (χ0) is 12.3. The molecule has 0 bridgehead atoms. The van der Waals surface area contributed by atoms with Crippen molar-refractivity contribution in [1.29, 1.82) is 0 Å². The largest absolute Gasteiger partial charge is 0.369 e. The minimum absolute atomic E-state index is 0.00877. The number of piperazine rings is 1. The molecular formula is C12H17N2O2S. The van der Waals surface area contributed by atoms with Gasteiger partial charge in [0, 0.05) is 31.9 Å². The van der Waals surface area contributed by atoms with E-state index in [9.17, 15) is 8.42 Å². The van der Waals surface area contributed by atoms with E-state index in [2.05, 4.69) is 16.5 Å². The smallest absolute Gasteiger partial charge is 0.155 e. The van der Waals surface area contributed by atoms with Crippen LogP contribution in [0.5, 0.6) is 0 Å². The predicted molar refractivity (Wildman–Crippen MR) is 69.5 cm³/mol. The van der Waals surface area contributed by atoms with Gasteiger partial charge in [-0.05, 0) is 17.7 Å². The molecule has 5 heteroatoms. The summed E-state index contributed by atoms with van der Waals surface area (Å²) in [6.07, 6.45) is 3.13. The lowest BCUT2D eigenvalue weighted by Crippen LogP contribution is -2.43. The van der Waals surface area contributed by atoms with Gasteiger partial charge in [-0.1, -0.05) is 12.1 Å². The summed E-state index contributed by atoms with van der Waals surface area (Å²) in [4.78, 5) is 2.29. The molecule has 0 aromatic heterocycles. The van der Waals surface area contributed by atoms with E-state index < -0.39 is 9.84 Å². The summed E-state index contributed by atoms with van der Waals surface area (Å²) in [6.45, 7) is 3.98. The molecule has 1 aromatic rings. The van der Waals surface area contributed by atoms with Crippen molar-refractivity contribution in [2.24, 2.45) is 0 Å². The molecule has 0 amide bonds. The summed E-state index contributed by atoms with van der Waals surface area (Å²) >= 11 is 0. The van der Waals surface area contributed by atoms with E-state index in [-0.39, 0.29) is 5.75 Å². The molecule has 4 nitrogen and oxygen atoms in total. The van der Waals surface area contributed by atoms with Gasteiger partial charge in [0.05, 0.1) is 12.0 Å². The lowest BCUT2D eigenvalue weighted by atomic mass is 10.2. The summed E-state index contributed by atoms with van der Waals surface area (Å²) in [5.41, 5.74) is 1.94. The zero-order valence-electron chi connectivity index (χ0n) is 9.72. The second-order valence-electron chi connectivity index (χ2n) is 4.29. The first-order chi connectivity index (χ1) is 8.04. The van der Waals surface area contributed by atoms with Crippen LogP contribution in [0.3, 0.4) is 0 Å². The maximum atomic E-state index is 11.1. The van der Waals surface area contributed by atoms with E-state index in [0.29, 0.717) is 0 Å². The van der Waals surface area contributed by atoms with Crippen molar-refractivity contribution in [2.45, 2.75) is 5.75 Å². The van der Waals surface area contributed by atoms with Crippen LogP contribution >= 0.6 is 0 Å². The van der Waals surface area contributed by atoms with Crippen LogP contribution in [0.15, 0.2) is 24.3 Å². The second kappa shape index (κ2) is 5.06. The van der Waals surface area contributed by atoms with Crippen LogP contribution in [0, 0.1) is 6.26 Å². The SMILES string of the molecule is [CH2]S(=O)(=O)Cc1ccc(N2CCNCC2)cc1. The molecule has 1 saturated heterocycles. The minimum atomic E-state index is -3.19. The molecule has 0 unspecified atom stereocenters. The molecule has 0 aliphatic carbocycles. The number of benzene rings is 1. The Labute approximate surface area is 103 Å². The highest BCUT2D eigenvalue weighted by Crippen LogP contribution is 2.17. The Bertz CT molecular complexity index is 462. The van der Waals surface area contributed by atoms with Gasteiger partial charge in [-0.15, -0.1) is 0 Å². The Hall–Kier alpha value is -1.07. The van der Waals surface area contributed by atoms with Crippen LogP contribution in [0.1, 0.15) is 5.56 Å². The van der Waals surface area contributed by atoms with Crippen LogP contribution in [0.25, 0.3) is 0 Å². The van der Waals surface area contributed by atoms with Gasteiger partial charge >= 0.3 is 0 Å². The van der Waals surface area contributed by atoms with Gasteiger partial charge in [0.2, 0.25) is 0 Å². The first-order valence-electron chi connectivity index (χ1n) is 5.65. The molecule has 2 rings (SSSR count). The van der Waals surface area contributed by atoms with Crippen LogP contribution < -0.4 is 10.2 Å². The quantitative estimate of drug-likeness (QED) is 0.866. The van der Waals surface area contributed by atoms with E-state index in [0.717, 1.165) is 37.4 Å². The lowest BCUT2D eigenvalue weighted by Gasteiger charge is -2.29. The highest BCUT2D eigenvalue weighted by Gasteiger charge is 2.10. The molecule has 0 atom stereocenters. The van der Waals surface area contributed by atoms with Crippen molar-refractivity contribution < 1.29 is 8.42 Å². The van der Waals surface area contributed by atoms with Crippen molar-refractivity contribution in [3.05, 3.63) is 36.1 Å². The lowest BCUT2D eigenvalue weighted by molar-refractivity contribution is 0.589. The molecule has 1 heterocycles. The number of anilines is 1. The summed E-state index contributed by atoms with van der Waals surface area (Å²) in [7, 11) is -3.19. The summed E-state index contributed by atoms with van der Waals surface area (Å²) < 4.78 is 22.1. The Morgan fingerprint density at radius 3 is 2.29 bits per heavy atom. The van der Waals surface area contributed by atoms with Gasteiger partial charge in [0.1, 0.15) is 0 Å². The molecule has 17 heavy (non-hydrogen) atoms. The number of nitrogens with one attached hydrogen (secondary N) is 1. The van der Waals surface area contributed by atoms with Crippen LogP contribution in [0.4, 0.5) is 5.69 Å². The predicted octanol–water partition coefficient (Wildman–Crippen LogP) is 0.803. The van der Waals surface area contributed by atoms with E-state index in [1.807, 2.05) is 24.3 Å². The van der Waals surface area contributed by atoms with E-state index in [1.54, 1.807) is 0 Å². The number of hydrogen-bond donors (Lipinski definition) is 1. The normalized spacial score (nSPS) is 17.1. The van der Waals surface area contributed by atoms with Gasteiger partial charge in [-0.2, -0.15) is 0 Å². The highest BCUT2D eigenvalue weighted by molar-refractivity contribution is 7.91. The Morgan fingerprint density at radius 2 is 1.76 bits per heavy atom. The first kappa shape index (κ1) is 12.4. The molecule has 0 spiro atoms. The van der Waals surface area contributed by atoms with Crippen molar-refractivity contribution >= 4 is 15.5 Å². The Morgan fingerprint density at radius 1 is 1.18 bits per heavy atom. The molecular weight excluding hydrogens is 236 g/mol. The van der Waals surface area contributed by atoms with Crippen molar-refractivity contribution in [2.75, 3.05) is 31.1 Å². The molecule has 93 valence electrons. The fourth-order valence-electron chi connectivity index (χ4n) is 1.98. The average molecular weight is 253 g/mol. The van der Waals surface area contributed by atoms with Crippen LogP contribution in [-0.4, -0.2) is 34.6 Å². The van der Waals surface area contributed by atoms with Crippen molar-refractivity contribution in [3.63, 3.8) is 0 Å². The van der Waals surface area contributed by atoms with E-state index >= 15 is 0 Å². The number of hydrogen-bond acceptors (Lipinski definition) is 4. The van der Waals surface area contributed by atoms with Gasteiger partial charge in [0.15, 0.2) is 9.84 Å². The molecule has 1 radical (unpaired) electrons. The van der Waals surface area contributed by atoms with Crippen LogP contribution in [-0.2, 0) is 15.6 Å². The topological polar surface area (TPSA) is 49.4 Å². The number of nitrogens with zero attached hydrogens (tertiary/aromatic N) is 1. The molecule has 1 fully saturated rings. The standard InChI is InChI=1S/C12H17N2O2S/c1-17(15,16)10-11-2-4-12(5-3-11)14-8-6-13-7-9-14/h2-5,13H,1,6-10H2. The highest BCUT2D eigenvalue weighted by atomic mass is 32.2. The molecule has 1 aliphatic heterocycles. The van der Waals surface area contributed by atoms with Crippen molar-refractivity contribution in [1.82, 2.24) is 5.32 Å². The van der Waals surface area contributed by atoms with Gasteiger partial charge < -0.3 is 10.2 Å². The third kappa shape index (κ3) is 3.71. The van der Waals surface area contributed by atoms with E-state index in [4.69, 9.17) is 0 Å². The Kier molecular flexibility index (Phi) is 3.69. The van der Waals surface area contributed by atoms with Gasteiger partial charge in [-0.25, -0.2) is 8.42 Å². The zero-order valence-corrected chi connectivity index (χ0v) is 10.5. The molecule has 1 aromatic carbocycles. The Balaban J connectivity index is 2.07. The van der Waals surface area contributed by atoms with Crippen molar-refractivity contribution in [3.8, 4) is 0 Å². The second-order valence-corrected chi connectivity index (χ2v) is 6.07. The van der Waals surface area contributed by atoms with Crippen LogP contribution in [0.2, 0.25) is 0 Å².